The number of amides is 1. The Labute approximate surface area is 72.3 Å². The van der Waals surface area contributed by atoms with E-state index in [-0.39, 0.29) is 5.91 Å². The largest absolute Gasteiger partial charge is 0.354 e. The third kappa shape index (κ3) is 1.59. The van der Waals surface area contributed by atoms with E-state index in [1.54, 1.807) is 0 Å². The summed E-state index contributed by atoms with van der Waals surface area (Å²) >= 11 is 0. The van der Waals surface area contributed by atoms with Gasteiger partial charge in [-0.15, -0.1) is 0 Å². The Morgan fingerprint density at radius 1 is 1.42 bits per heavy atom. The van der Waals surface area contributed by atoms with E-state index in [0.29, 0.717) is 12.6 Å². The standard InChI is InChI=1S/C8H15N3O/c12-8-6-11(4-3-10-8)7-1-2-9-5-7/h7,9H,1-6H2,(H,10,12). The van der Waals surface area contributed by atoms with Gasteiger partial charge in [-0.2, -0.15) is 0 Å². The molecule has 1 atom stereocenters. The highest BCUT2D eigenvalue weighted by atomic mass is 16.2. The fourth-order valence-corrected chi connectivity index (χ4v) is 1.92. The Hall–Kier alpha value is -0.610. The van der Waals surface area contributed by atoms with Crippen molar-refractivity contribution in [3.8, 4) is 0 Å². The number of rotatable bonds is 1. The second-order valence-corrected chi connectivity index (χ2v) is 3.47. The lowest BCUT2D eigenvalue weighted by Crippen LogP contribution is -2.52. The minimum Gasteiger partial charge on any atom is -0.354 e. The predicted octanol–water partition coefficient (Wildman–Crippen LogP) is -1.22. The number of nitrogens with zero attached hydrogens (tertiary/aromatic N) is 1. The number of carbonyl (C=O) groups is 1. The molecule has 1 unspecified atom stereocenters. The van der Waals surface area contributed by atoms with Crippen LogP contribution in [0, 0.1) is 0 Å². The van der Waals surface area contributed by atoms with Gasteiger partial charge in [0.15, 0.2) is 0 Å². The molecule has 0 aromatic carbocycles. The van der Waals surface area contributed by atoms with Crippen LogP contribution in [0.5, 0.6) is 0 Å². The van der Waals surface area contributed by atoms with Crippen molar-refractivity contribution in [2.45, 2.75) is 12.5 Å². The molecule has 2 heterocycles. The van der Waals surface area contributed by atoms with Gasteiger partial charge in [-0.25, -0.2) is 0 Å². The van der Waals surface area contributed by atoms with E-state index in [9.17, 15) is 4.79 Å². The summed E-state index contributed by atoms with van der Waals surface area (Å²) in [7, 11) is 0. The molecule has 2 fully saturated rings. The lowest BCUT2D eigenvalue weighted by molar-refractivity contribution is -0.124. The van der Waals surface area contributed by atoms with Crippen LogP contribution in [0.2, 0.25) is 0 Å². The van der Waals surface area contributed by atoms with Crippen molar-refractivity contribution in [1.82, 2.24) is 15.5 Å². The van der Waals surface area contributed by atoms with E-state index < -0.39 is 0 Å². The summed E-state index contributed by atoms with van der Waals surface area (Å²) in [6.07, 6.45) is 1.19. The maximum absolute atomic E-state index is 11.1. The van der Waals surface area contributed by atoms with Gasteiger partial charge in [0, 0.05) is 25.7 Å². The molecule has 0 aromatic rings. The molecule has 12 heavy (non-hydrogen) atoms. The van der Waals surface area contributed by atoms with Crippen LogP contribution in [-0.2, 0) is 4.79 Å². The zero-order valence-electron chi connectivity index (χ0n) is 7.18. The Morgan fingerprint density at radius 2 is 2.33 bits per heavy atom. The Balaban J connectivity index is 1.89. The zero-order chi connectivity index (χ0) is 8.39. The predicted molar refractivity (Wildman–Crippen MR) is 45.9 cm³/mol. The first-order chi connectivity index (χ1) is 5.86. The van der Waals surface area contributed by atoms with Crippen LogP contribution in [0.1, 0.15) is 6.42 Å². The summed E-state index contributed by atoms with van der Waals surface area (Å²) in [6.45, 7) is 4.57. The maximum atomic E-state index is 11.1. The molecule has 2 saturated heterocycles. The third-order valence-corrected chi connectivity index (χ3v) is 2.62. The lowest BCUT2D eigenvalue weighted by Gasteiger charge is -2.31. The SMILES string of the molecule is O=C1CN(C2CCNC2)CCN1. The number of piperazine rings is 1. The monoisotopic (exact) mass is 169 g/mol. The van der Waals surface area contributed by atoms with Crippen molar-refractivity contribution < 1.29 is 4.79 Å². The highest BCUT2D eigenvalue weighted by Gasteiger charge is 2.25. The van der Waals surface area contributed by atoms with Gasteiger partial charge >= 0.3 is 0 Å². The highest BCUT2D eigenvalue weighted by molar-refractivity contribution is 5.78. The van der Waals surface area contributed by atoms with Crippen LogP contribution < -0.4 is 10.6 Å². The van der Waals surface area contributed by atoms with Crippen molar-refractivity contribution in [3.63, 3.8) is 0 Å². The van der Waals surface area contributed by atoms with E-state index in [1.165, 1.54) is 6.42 Å². The van der Waals surface area contributed by atoms with Crippen molar-refractivity contribution in [3.05, 3.63) is 0 Å². The van der Waals surface area contributed by atoms with E-state index in [4.69, 9.17) is 0 Å². The molecule has 0 spiro atoms. The third-order valence-electron chi connectivity index (χ3n) is 2.62. The molecule has 2 N–H and O–H groups in total. The molecule has 2 rings (SSSR count). The van der Waals surface area contributed by atoms with E-state index in [2.05, 4.69) is 15.5 Å². The summed E-state index contributed by atoms with van der Waals surface area (Å²) in [6, 6.07) is 0.594. The van der Waals surface area contributed by atoms with Crippen LogP contribution in [0.3, 0.4) is 0 Å². The van der Waals surface area contributed by atoms with E-state index in [1.807, 2.05) is 0 Å². The Bertz CT molecular complexity index is 177. The van der Waals surface area contributed by atoms with Crippen molar-refractivity contribution in [2.24, 2.45) is 0 Å². The first kappa shape index (κ1) is 8.01. The molecule has 0 aromatic heterocycles. The fraction of sp³-hybridized carbons (Fsp3) is 0.875. The molecule has 0 bridgehead atoms. The van der Waals surface area contributed by atoms with Crippen LogP contribution >= 0.6 is 0 Å². The average Bonchev–Trinajstić information content (AvgIpc) is 2.56. The van der Waals surface area contributed by atoms with Crippen molar-refractivity contribution in [1.29, 1.82) is 0 Å². The molecular weight excluding hydrogens is 154 g/mol. The van der Waals surface area contributed by atoms with Gasteiger partial charge in [-0.05, 0) is 13.0 Å². The van der Waals surface area contributed by atoms with Gasteiger partial charge in [0.05, 0.1) is 6.54 Å². The molecule has 4 heteroatoms. The van der Waals surface area contributed by atoms with Crippen molar-refractivity contribution >= 4 is 5.91 Å². The van der Waals surface area contributed by atoms with Gasteiger partial charge < -0.3 is 10.6 Å². The highest BCUT2D eigenvalue weighted by Crippen LogP contribution is 2.08. The second kappa shape index (κ2) is 3.41. The molecule has 0 radical (unpaired) electrons. The van der Waals surface area contributed by atoms with Gasteiger partial charge in [0.2, 0.25) is 5.91 Å². The van der Waals surface area contributed by atoms with Gasteiger partial charge in [0.25, 0.3) is 0 Å². The fourth-order valence-electron chi connectivity index (χ4n) is 1.92. The molecule has 2 aliphatic heterocycles. The second-order valence-electron chi connectivity index (χ2n) is 3.47. The molecule has 1 amide bonds. The van der Waals surface area contributed by atoms with Crippen LogP contribution in [-0.4, -0.2) is 49.6 Å². The average molecular weight is 169 g/mol. The van der Waals surface area contributed by atoms with Crippen LogP contribution in [0.4, 0.5) is 0 Å². The molecule has 0 aliphatic carbocycles. The lowest BCUT2D eigenvalue weighted by atomic mass is 10.2. The Morgan fingerprint density at radius 3 is 3.00 bits per heavy atom. The van der Waals surface area contributed by atoms with Crippen molar-refractivity contribution in [2.75, 3.05) is 32.7 Å². The zero-order valence-corrected chi connectivity index (χ0v) is 7.18. The molecule has 4 nitrogen and oxygen atoms in total. The number of hydrogen-bond acceptors (Lipinski definition) is 3. The number of carbonyl (C=O) groups excluding carboxylic acids is 1. The molecule has 0 saturated carbocycles. The smallest absolute Gasteiger partial charge is 0.234 e. The normalized spacial score (nSPS) is 32.0. The molecular formula is C8H15N3O. The van der Waals surface area contributed by atoms with E-state index in [0.717, 1.165) is 26.2 Å². The van der Waals surface area contributed by atoms with Gasteiger partial charge in [-0.3, -0.25) is 9.69 Å². The first-order valence-electron chi connectivity index (χ1n) is 4.58. The molecule has 68 valence electrons. The maximum Gasteiger partial charge on any atom is 0.234 e. The number of hydrogen-bond donors (Lipinski definition) is 2. The minimum atomic E-state index is 0.174. The Kier molecular flexibility index (Phi) is 2.28. The van der Waals surface area contributed by atoms with Crippen LogP contribution in [0.15, 0.2) is 0 Å². The minimum absolute atomic E-state index is 0.174. The summed E-state index contributed by atoms with van der Waals surface area (Å²) in [5, 5.41) is 6.15. The quantitative estimate of drug-likeness (QED) is 0.517. The van der Waals surface area contributed by atoms with Gasteiger partial charge in [-0.1, -0.05) is 0 Å². The summed E-state index contributed by atoms with van der Waals surface area (Å²) < 4.78 is 0. The molecule has 2 aliphatic rings. The first-order valence-corrected chi connectivity index (χ1v) is 4.58. The summed E-state index contributed by atoms with van der Waals surface area (Å²) in [5.74, 6) is 0.174. The van der Waals surface area contributed by atoms with Crippen LogP contribution in [0.25, 0.3) is 0 Å². The summed E-state index contributed by atoms with van der Waals surface area (Å²) in [4.78, 5) is 13.3. The summed E-state index contributed by atoms with van der Waals surface area (Å²) in [5.41, 5.74) is 0. The van der Waals surface area contributed by atoms with Gasteiger partial charge in [0.1, 0.15) is 0 Å². The number of nitrogens with one attached hydrogen (secondary N) is 2. The van der Waals surface area contributed by atoms with E-state index >= 15 is 0 Å². The topological polar surface area (TPSA) is 44.4 Å².